The normalized spacial score (nSPS) is 30.6. The Kier molecular flexibility index (Phi) is 4.97. The van der Waals surface area contributed by atoms with Gasteiger partial charge in [-0.15, -0.1) is 0 Å². The lowest BCUT2D eigenvalue weighted by molar-refractivity contribution is -0.123. The lowest BCUT2D eigenvalue weighted by Gasteiger charge is -2.21. The third kappa shape index (κ3) is 3.93. The number of nitrogens with zero attached hydrogens (tertiary/aromatic N) is 1. The summed E-state index contributed by atoms with van der Waals surface area (Å²) in [5, 5.41) is 15.4. The molecule has 5 nitrogen and oxygen atoms in total. The molecular weight excluding hydrogens is 230 g/mol. The van der Waals surface area contributed by atoms with Crippen molar-refractivity contribution in [2.75, 3.05) is 32.7 Å². The Labute approximate surface area is 109 Å². The van der Waals surface area contributed by atoms with Gasteiger partial charge in [0, 0.05) is 19.6 Å². The van der Waals surface area contributed by atoms with Crippen LogP contribution in [0.2, 0.25) is 0 Å². The predicted molar refractivity (Wildman–Crippen MR) is 70.3 cm³/mol. The first-order valence-electron chi connectivity index (χ1n) is 7.06. The number of amides is 1. The summed E-state index contributed by atoms with van der Waals surface area (Å²) in [6.07, 6.45) is 2.78. The second kappa shape index (κ2) is 6.50. The van der Waals surface area contributed by atoms with Gasteiger partial charge in [-0.25, -0.2) is 0 Å². The monoisotopic (exact) mass is 255 g/mol. The molecule has 2 saturated heterocycles. The number of aliphatic hydroxyl groups is 1. The molecule has 18 heavy (non-hydrogen) atoms. The summed E-state index contributed by atoms with van der Waals surface area (Å²) in [6.45, 7) is 6.91. The van der Waals surface area contributed by atoms with Crippen molar-refractivity contribution >= 4 is 5.91 Å². The molecule has 0 spiro atoms. The molecule has 1 amide bonds. The van der Waals surface area contributed by atoms with Crippen molar-refractivity contribution in [2.45, 2.75) is 38.3 Å². The molecular formula is C13H25N3O2. The van der Waals surface area contributed by atoms with E-state index >= 15 is 0 Å². The van der Waals surface area contributed by atoms with Gasteiger partial charge in [0.2, 0.25) is 5.91 Å². The summed E-state index contributed by atoms with van der Waals surface area (Å²) >= 11 is 0. The number of rotatable bonds is 5. The van der Waals surface area contributed by atoms with E-state index in [2.05, 4.69) is 22.5 Å². The molecule has 0 radical (unpaired) electrons. The zero-order valence-electron chi connectivity index (χ0n) is 11.2. The summed E-state index contributed by atoms with van der Waals surface area (Å²) < 4.78 is 0. The number of likely N-dealkylation sites (tertiary alicyclic amines) is 1. The van der Waals surface area contributed by atoms with Crippen LogP contribution in [0.1, 0.15) is 26.2 Å². The SMILES string of the molecule is CC(CNC(=O)C1CC(O)CN1)CN1CCCC1. The molecule has 2 aliphatic heterocycles. The third-order valence-electron chi connectivity index (χ3n) is 3.82. The van der Waals surface area contributed by atoms with Crippen LogP contribution < -0.4 is 10.6 Å². The summed E-state index contributed by atoms with van der Waals surface area (Å²) in [5.74, 6) is 0.512. The highest BCUT2D eigenvalue weighted by Crippen LogP contribution is 2.10. The number of hydrogen-bond acceptors (Lipinski definition) is 4. The van der Waals surface area contributed by atoms with E-state index in [0.29, 0.717) is 18.9 Å². The van der Waals surface area contributed by atoms with Crippen molar-refractivity contribution in [1.82, 2.24) is 15.5 Å². The highest BCUT2D eigenvalue weighted by Gasteiger charge is 2.28. The minimum Gasteiger partial charge on any atom is -0.392 e. The molecule has 3 N–H and O–H groups in total. The zero-order valence-corrected chi connectivity index (χ0v) is 11.2. The summed E-state index contributed by atoms with van der Waals surface area (Å²) in [7, 11) is 0. The average molecular weight is 255 g/mol. The number of nitrogens with one attached hydrogen (secondary N) is 2. The van der Waals surface area contributed by atoms with E-state index in [9.17, 15) is 9.90 Å². The van der Waals surface area contributed by atoms with Gasteiger partial charge in [0.15, 0.2) is 0 Å². The van der Waals surface area contributed by atoms with Crippen LogP contribution in [-0.2, 0) is 4.79 Å². The molecule has 5 heteroatoms. The highest BCUT2D eigenvalue weighted by molar-refractivity contribution is 5.82. The lowest BCUT2D eigenvalue weighted by atomic mass is 10.1. The van der Waals surface area contributed by atoms with E-state index in [1.54, 1.807) is 0 Å². The zero-order chi connectivity index (χ0) is 13.0. The van der Waals surface area contributed by atoms with Crippen molar-refractivity contribution < 1.29 is 9.90 Å². The second-order valence-corrected chi connectivity index (χ2v) is 5.71. The quantitative estimate of drug-likeness (QED) is 0.623. The number of carbonyl (C=O) groups excluding carboxylic acids is 1. The Hall–Kier alpha value is -0.650. The minimum absolute atomic E-state index is 0.0276. The highest BCUT2D eigenvalue weighted by atomic mass is 16.3. The van der Waals surface area contributed by atoms with Crippen LogP contribution in [0.5, 0.6) is 0 Å². The number of carbonyl (C=O) groups is 1. The molecule has 0 aromatic carbocycles. The Bertz CT molecular complexity index is 279. The fraction of sp³-hybridized carbons (Fsp3) is 0.923. The molecule has 3 unspecified atom stereocenters. The van der Waals surface area contributed by atoms with Crippen molar-refractivity contribution in [2.24, 2.45) is 5.92 Å². The van der Waals surface area contributed by atoms with E-state index in [0.717, 1.165) is 13.1 Å². The van der Waals surface area contributed by atoms with Crippen LogP contribution in [0.25, 0.3) is 0 Å². The molecule has 0 aliphatic carbocycles. The molecule has 3 atom stereocenters. The maximum Gasteiger partial charge on any atom is 0.237 e. The first-order chi connectivity index (χ1) is 8.65. The predicted octanol–water partition coefficient (Wildman–Crippen LogP) is -0.443. The Morgan fingerprint density at radius 2 is 2.22 bits per heavy atom. The summed E-state index contributed by atoms with van der Waals surface area (Å²) in [6, 6.07) is -0.209. The second-order valence-electron chi connectivity index (χ2n) is 5.71. The van der Waals surface area contributed by atoms with Crippen molar-refractivity contribution in [1.29, 1.82) is 0 Å². The fourth-order valence-corrected chi connectivity index (χ4v) is 2.79. The van der Waals surface area contributed by atoms with Gasteiger partial charge in [0.25, 0.3) is 0 Å². The Balaban J connectivity index is 1.62. The summed E-state index contributed by atoms with van der Waals surface area (Å²) in [4.78, 5) is 14.3. The number of aliphatic hydroxyl groups excluding tert-OH is 1. The van der Waals surface area contributed by atoms with Crippen molar-refractivity contribution in [3.63, 3.8) is 0 Å². The van der Waals surface area contributed by atoms with E-state index in [-0.39, 0.29) is 18.1 Å². The molecule has 0 bridgehead atoms. The maximum atomic E-state index is 11.8. The molecule has 2 aliphatic rings. The van der Waals surface area contributed by atoms with Crippen LogP contribution in [0, 0.1) is 5.92 Å². The van der Waals surface area contributed by atoms with Gasteiger partial charge in [0.05, 0.1) is 12.1 Å². The number of hydrogen-bond donors (Lipinski definition) is 3. The fourth-order valence-electron chi connectivity index (χ4n) is 2.79. The first kappa shape index (κ1) is 13.8. The molecule has 0 saturated carbocycles. The minimum atomic E-state index is -0.372. The third-order valence-corrected chi connectivity index (χ3v) is 3.82. The van der Waals surface area contributed by atoms with Gasteiger partial charge in [0.1, 0.15) is 0 Å². The Morgan fingerprint density at radius 3 is 2.83 bits per heavy atom. The van der Waals surface area contributed by atoms with E-state index in [1.165, 1.54) is 25.9 Å². The molecule has 0 aromatic rings. The maximum absolute atomic E-state index is 11.8. The van der Waals surface area contributed by atoms with E-state index in [4.69, 9.17) is 0 Å². The van der Waals surface area contributed by atoms with Crippen LogP contribution in [-0.4, -0.2) is 60.8 Å². The molecule has 2 rings (SSSR count). The topological polar surface area (TPSA) is 64.6 Å². The van der Waals surface area contributed by atoms with Crippen LogP contribution in [0.4, 0.5) is 0 Å². The van der Waals surface area contributed by atoms with Crippen LogP contribution in [0.15, 0.2) is 0 Å². The van der Waals surface area contributed by atoms with Gasteiger partial charge >= 0.3 is 0 Å². The lowest BCUT2D eigenvalue weighted by Crippen LogP contribution is -2.43. The van der Waals surface area contributed by atoms with Gasteiger partial charge in [-0.2, -0.15) is 0 Å². The van der Waals surface area contributed by atoms with Crippen molar-refractivity contribution in [3.05, 3.63) is 0 Å². The molecule has 2 heterocycles. The standard InChI is InChI=1S/C13H25N3O2/c1-10(9-16-4-2-3-5-16)7-15-13(18)12-6-11(17)8-14-12/h10-12,14,17H,2-9H2,1H3,(H,15,18). The van der Waals surface area contributed by atoms with Crippen LogP contribution in [0.3, 0.4) is 0 Å². The van der Waals surface area contributed by atoms with Crippen LogP contribution >= 0.6 is 0 Å². The molecule has 0 aromatic heterocycles. The van der Waals surface area contributed by atoms with Gasteiger partial charge in [-0.1, -0.05) is 6.92 Å². The molecule has 2 fully saturated rings. The average Bonchev–Trinajstić information content (AvgIpc) is 2.97. The van der Waals surface area contributed by atoms with Gasteiger partial charge in [-0.3, -0.25) is 4.79 Å². The molecule has 104 valence electrons. The smallest absolute Gasteiger partial charge is 0.237 e. The first-order valence-corrected chi connectivity index (χ1v) is 7.06. The van der Waals surface area contributed by atoms with E-state index in [1.807, 2.05) is 0 Å². The summed E-state index contributed by atoms with van der Waals surface area (Å²) in [5.41, 5.74) is 0. The largest absolute Gasteiger partial charge is 0.392 e. The van der Waals surface area contributed by atoms with Gasteiger partial charge < -0.3 is 20.6 Å². The number of β-amino-alcohol motifs (C(OH)–C–C–N with tert-alkyl or cyclic N) is 1. The van der Waals surface area contributed by atoms with Crippen molar-refractivity contribution in [3.8, 4) is 0 Å². The Morgan fingerprint density at radius 1 is 1.50 bits per heavy atom. The van der Waals surface area contributed by atoms with Gasteiger partial charge in [-0.05, 0) is 38.3 Å². The van der Waals surface area contributed by atoms with E-state index < -0.39 is 0 Å².